The summed E-state index contributed by atoms with van der Waals surface area (Å²) in [6.07, 6.45) is 0. The summed E-state index contributed by atoms with van der Waals surface area (Å²) in [5.74, 6) is 0.150. The lowest BCUT2D eigenvalue weighted by Gasteiger charge is -2.32. The summed E-state index contributed by atoms with van der Waals surface area (Å²) >= 11 is 0. The number of rotatable bonds is 1. The molecule has 0 radical (unpaired) electrons. The van der Waals surface area contributed by atoms with Crippen molar-refractivity contribution >= 4 is 18.3 Å². The smallest absolute Gasteiger partial charge is 0.253 e. The van der Waals surface area contributed by atoms with Crippen LogP contribution in [0.15, 0.2) is 24.3 Å². The molecular weight excluding hydrogens is 236 g/mol. The Bertz CT molecular complexity index is 395. The zero-order chi connectivity index (χ0) is 11.5. The van der Waals surface area contributed by atoms with Gasteiger partial charge in [0, 0.05) is 31.2 Å². The molecule has 1 saturated heterocycles. The maximum Gasteiger partial charge on any atom is 0.253 e. The summed E-state index contributed by atoms with van der Waals surface area (Å²) in [6, 6.07) is 8.19. The van der Waals surface area contributed by atoms with E-state index in [0.29, 0.717) is 6.04 Å². The lowest BCUT2D eigenvalue weighted by atomic mass is 10.1. The topological polar surface area (TPSA) is 32.3 Å². The first-order valence-electron chi connectivity index (χ1n) is 5.76. The molecular formula is C13H19ClN2O. The van der Waals surface area contributed by atoms with Crippen molar-refractivity contribution in [1.29, 1.82) is 0 Å². The Morgan fingerprint density at radius 1 is 1.47 bits per heavy atom. The van der Waals surface area contributed by atoms with Gasteiger partial charge in [-0.15, -0.1) is 12.4 Å². The first-order chi connectivity index (χ1) is 7.66. The normalized spacial score (nSPS) is 19.6. The van der Waals surface area contributed by atoms with Gasteiger partial charge < -0.3 is 10.2 Å². The Balaban J connectivity index is 0.00000144. The average Bonchev–Trinajstić information content (AvgIpc) is 2.28. The highest BCUT2D eigenvalue weighted by Gasteiger charge is 2.21. The second kappa shape index (κ2) is 6.03. The largest absolute Gasteiger partial charge is 0.336 e. The molecule has 4 heteroatoms. The molecule has 0 spiro atoms. The van der Waals surface area contributed by atoms with E-state index in [9.17, 15) is 4.79 Å². The van der Waals surface area contributed by atoms with E-state index in [-0.39, 0.29) is 18.3 Å². The fourth-order valence-electron chi connectivity index (χ4n) is 2.08. The molecule has 17 heavy (non-hydrogen) atoms. The molecule has 1 atom stereocenters. The van der Waals surface area contributed by atoms with Gasteiger partial charge in [-0.3, -0.25) is 4.79 Å². The van der Waals surface area contributed by atoms with Crippen LogP contribution in [0.1, 0.15) is 22.8 Å². The van der Waals surface area contributed by atoms with Crippen molar-refractivity contribution in [3.63, 3.8) is 0 Å². The van der Waals surface area contributed by atoms with E-state index >= 15 is 0 Å². The summed E-state index contributed by atoms with van der Waals surface area (Å²) in [4.78, 5) is 14.1. The lowest BCUT2D eigenvalue weighted by Crippen LogP contribution is -2.51. The molecule has 0 saturated carbocycles. The molecule has 1 heterocycles. The third kappa shape index (κ3) is 3.45. The molecule has 1 N–H and O–H groups in total. The predicted molar refractivity (Wildman–Crippen MR) is 71.8 cm³/mol. The van der Waals surface area contributed by atoms with Crippen molar-refractivity contribution in [2.45, 2.75) is 19.9 Å². The minimum Gasteiger partial charge on any atom is -0.336 e. The van der Waals surface area contributed by atoms with E-state index in [1.54, 1.807) is 0 Å². The van der Waals surface area contributed by atoms with Crippen LogP contribution in [0.2, 0.25) is 0 Å². The number of halogens is 1. The maximum absolute atomic E-state index is 12.2. The van der Waals surface area contributed by atoms with Gasteiger partial charge in [0.25, 0.3) is 5.91 Å². The van der Waals surface area contributed by atoms with Crippen molar-refractivity contribution in [3.8, 4) is 0 Å². The van der Waals surface area contributed by atoms with E-state index in [1.807, 2.05) is 36.1 Å². The highest BCUT2D eigenvalue weighted by Crippen LogP contribution is 2.09. The van der Waals surface area contributed by atoms with Gasteiger partial charge >= 0.3 is 0 Å². The quantitative estimate of drug-likeness (QED) is 0.830. The monoisotopic (exact) mass is 254 g/mol. The van der Waals surface area contributed by atoms with Gasteiger partial charge in [0.15, 0.2) is 0 Å². The van der Waals surface area contributed by atoms with Crippen LogP contribution < -0.4 is 5.32 Å². The highest BCUT2D eigenvalue weighted by molar-refractivity contribution is 5.94. The van der Waals surface area contributed by atoms with Crippen LogP contribution in [0.3, 0.4) is 0 Å². The van der Waals surface area contributed by atoms with E-state index in [0.717, 1.165) is 30.8 Å². The third-order valence-corrected chi connectivity index (χ3v) is 2.92. The molecule has 1 fully saturated rings. The minimum atomic E-state index is 0. The first kappa shape index (κ1) is 14.0. The summed E-state index contributed by atoms with van der Waals surface area (Å²) in [7, 11) is 0. The van der Waals surface area contributed by atoms with E-state index in [2.05, 4.69) is 12.2 Å². The van der Waals surface area contributed by atoms with Crippen LogP contribution in [0.4, 0.5) is 0 Å². The number of nitrogens with zero attached hydrogens (tertiary/aromatic N) is 1. The fraction of sp³-hybridized carbons (Fsp3) is 0.462. The van der Waals surface area contributed by atoms with E-state index in [4.69, 9.17) is 0 Å². The average molecular weight is 255 g/mol. The van der Waals surface area contributed by atoms with Crippen LogP contribution in [0.5, 0.6) is 0 Å². The number of carbonyl (C=O) groups excluding carboxylic acids is 1. The zero-order valence-electron chi connectivity index (χ0n) is 10.3. The number of amides is 1. The molecule has 2 rings (SSSR count). The number of aryl methyl sites for hydroxylation is 1. The summed E-state index contributed by atoms with van der Waals surface area (Å²) < 4.78 is 0. The standard InChI is InChI=1S/C13H18N2O.ClH/c1-10-4-3-5-12(8-10)13(16)15-7-6-14-11(2)9-15;/h3-5,8,11,14H,6-7,9H2,1-2H3;1H/t11-;/m0./s1. The van der Waals surface area contributed by atoms with Crippen LogP contribution in [-0.2, 0) is 0 Å². The van der Waals surface area contributed by atoms with Crippen LogP contribution in [0.25, 0.3) is 0 Å². The van der Waals surface area contributed by atoms with Gasteiger partial charge in [-0.1, -0.05) is 17.7 Å². The van der Waals surface area contributed by atoms with Crippen molar-refractivity contribution in [2.75, 3.05) is 19.6 Å². The molecule has 0 aliphatic carbocycles. The minimum absolute atomic E-state index is 0. The van der Waals surface area contributed by atoms with Gasteiger partial charge in [-0.05, 0) is 26.0 Å². The Kier molecular flexibility index (Phi) is 4.97. The van der Waals surface area contributed by atoms with Crippen molar-refractivity contribution in [1.82, 2.24) is 10.2 Å². The molecule has 0 bridgehead atoms. The molecule has 1 aliphatic heterocycles. The molecule has 3 nitrogen and oxygen atoms in total. The summed E-state index contributed by atoms with van der Waals surface area (Å²) in [6.45, 7) is 6.61. The molecule has 0 aromatic heterocycles. The van der Waals surface area contributed by atoms with Gasteiger partial charge in [0.05, 0.1) is 0 Å². The number of benzene rings is 1. The van der Waals surface area contributed by atoms with Crippen LogP contribution in [-0.4, -0.2) is 36.5 Å². The third-order valence-electron chi connectivity index (χ3n) is 2.92. The van der Waals surface area contributed by atoms with Gasteiger partial charge in [-0.25, -0.2) is 0 Å². The van der Waals surface area contributed by atoms with Crippen LogP contribution in [0, 0.1) is 6.92 Å². The second-order valence-corrected chi connectivity index (χ2v) is 4.48. The lowest BCUT2D eigenvalue weighted by molar-refractivity contribution is 0.0709. The molecule has 0 unspecified atom stereocenters. The van der Waals surface area contributed by atoms with Crippen molar-refractivity contribution in [2.24, 2.45) is 0 Å². The Labute approximate surface area is 109 Å². The number of hydrogen-bond donors (Lipinski definition) is 1. The number of piperazine rings is 1. The fourth-order valence-corrected chi connectivity index (χ4v) is 2.08. The molecule has 94 valence electrons. The molecule has 1 aromatic rings. The van der Waals surface area contributed by atoms with Crippen LogP contribution >= 0.6 is 12.4 Å². The van der Waals surface area contributed by atoms with Gasteiger partial charge in [-0.2, -0.15) is 0 Å². The van der Waals surface area contributed by atoms with Gasteiger partial charge in [0.2, 0.25) is 0 Å². The number of nitrogens with one attached hydrogen (secondary N) is 1. The van der Waals surface area contributed by atoms with E-state index in [1.165, 1.54) is 0 Å². The second-order valence-electron chi connectivity index (χ2n) is 4.48. The predicted octanol–water partition coefficient (Wildman–Crippen LogP) is 1.85. The molecule has 1 aliphatic rings. The zero-order valence-corrected chi connectivity index (χ0v) is 11.1. The number of carbonyl (C=O) groups is 1. The van der Waals surface area contributed by atoms with Gasteiger partial charge in [0.1, 0.15) is 0 Å². The maximum atomic E-state index is 12.2. The summed E-state index contributed by atoms with van der Waals surface area (Å²) in [5.41, 5.74) is 1.93. The summed E-state index contributed by atoms with van der Waals surface area (Å²) in [5, 5.41) is 3.34. The first-order valence-corrected chi connectivity index (χ1v) is 5.76. The SMILES string of the molecule is Cc1cccc(C(=O)N2CCN[C@@H](C)C2)c1.Cl. The van der Waals surface area contributed by atoms with E-state index < -0.39 is 0 Å². The van der Waals surface area contributed by atoms with Crippen molar-refractivity contribution < 1.29 is 4.79 Å². The highest BCUT2D eigenvalue weighted by atomic mass is 35.5. The Morgan fingerprint density at radius 2 is 2.24 bits per heavy atom. The number of hydrogen-bond acceptors (Lipinski definition) is 2. The Hall–Kier alpha value is -1.06. The Morgan fingerprint density at radius 3 is 2.88 bits per heavy atom. The molecule has 1 aromatic carbocycles. The van der Waals surface area contributed by atoms with Crippen molar-refractivity contribution in [3.05, 3.63) is 35.4 Å². The molecule has 1 amide bonds.